The van der Waals surface area contributed by atoms with Crippen LogP contribution in [-0.2, 0) is 12.3 Å². The van der Waals surface area contributed by atoms with Crippen LogP contribution in [0.4, 0.5) is 0 Å². The van der Waals surface area contributed by atoms with Gasteiger partial charge < -0.3 is 0 Å². The van der Waals surface area contributed by atoms with Gasteiger partial charge in [-0.25, -0.2) is 9.97 Å². The van der Waals surface area contributed by atoms with Gasteiger partial charge in [-0.3, -0.25) is 18.6 Å². The van der Waals surface area contributed by atoms with Gasteiger partial charge in [-0.15, -0.1) is 0 Å². The van der Waals surface area contributed by atoms with E-state index >= 15 is 0 Å². The Kier molecular flexibility index (Phi) is 5.00. The van der Waals surface area contributed by atoms with Crippen molar-refractivity contribution in [1.29, 1.82) is 0 Å². The average molecular weight is 392 g/mol. The molecule has 0 bridgehead atoms. The number of para-hydroxylation sites is 1. The maximum Gasteiger partial charge on any atom is 0.262 e. The molecule has 142 valence electrons. The monoisotopic (exact) mass is 392 g/mol. The lowest BCUT2D eigenvalue weighted by Crippen LogP contribution is -2.23. The van der Waals surface area contributed by atoms with E-state index in [1.807, 2.05) is 44.2 Å². The molecule has 4 rings (SSSR count). The van der Waals surface area contributed by atoms with E-state index in [9.17, 15) is 9.59 Å². The Balaban J connectivity index is 1.72. The van der Waals surface area contributed by atoms with Crippen molar-refractivity contribution in [3.8, 4) is 0 Å². The number of aromatic nitrogens is 4. The molecule has 4 aromatic rings. The minimum absolute atomic E-state index is 0.0304. The molecule has 7 heteroatoms. The van der Waals surface area contributed by atoms with E-state index in [2.05, 4.69) is 9.97 Å². The van der Waals surface area contributed by atoms with Crippen LogP contribution in [0.5, 0.6) is 0 Å². The summed E-state index contributed by atoms with van der Waals surface area (Å²) in [7, 11) is 0. The first-order chi connectivity index (χ1) is 13.6. The van der Waals surface area contributed by atoms with Gasteiger partial charge in [-0.1, -0.05) is 30.8 Å². The van der Waals surface area contributed by atoms with Crippen molar-refractivity contribution in [2.24, 2.45) is 0 Å². The molecule has 6 nitrogen and oxygen atoms in total. The van der Waals surface area contributed by atoms with Crippen LogP contribution in [0.1, 0.15) is 24.6 Å². The Hall–Kier alpha value is -2.93. The van der Waals surface area contributed by atoms with Crippen molar-refractivity contribution in [3.63, 3.8) is 0 Å². The number of benzene rings is 1. The molecule has 0 saturated heterocycles. The van der Waals surface area contributed by atoms with Gasteiger partial charge in [0.05, 0.1) is 16.6 Å². The SMILES string of the molecule is CCCn1c(SCc2cc(=O)n3ccc(C)cc3n2)nc2ccccc2c1=O. The normalized spacial score (nSPS) is 11.4. The third-order valence-electron chi connectivity index (χ3n) is 4.50. The summed E-state index contributed by atoms with van der Waals surface area (Å²) in [5.74, 6) is 0.466. The Morgan fingerprint density at radius 1 is 1.07 bits per heavy atom. The molecule has 0 amide bonds. The maximum atomic E-state index is 12.9. The molecule has 0 unspecified atom stereocenters. The zero-order valence-electron chi connectivity index (χ0n) is 15.8. The van der Waals surface area contributed by atoms with Crippen LogP contribution in [0.15, 0.2) is 63.4 Å². The zero-order valence-corrected chi connectivity index (χ0v) is 16.6. The summed E-state index contributed by atoms with van der Waals surface area (Å²) in [5, 5.41) is 1.27. The maximum absolute atomic E-state index is 12.9. The van der Waals surface area contributed by atoms with E-state index in [1.54, 1.807) is 22.9 Å². The van der Waals surface area contributed by atoms with E-state index in [0.717, 1.165) is 12.0 Å². The van der Waals surface area contributed by atoms with Crippen molar-refractivity contribution in [2.75, 3.05) is 0 Å². The number of pyridine rings is 1. The lowest BCUT2D eigenvalue weighted by molar-refractivity contribution is 0.584. The van der Waals surface area contributed by atoms with Crippen molar-refractivity contribution in [3.05, 3.63) is 80.6 Å². The van der Waals surface area contributed by atoms with Gasteiger partial charge in [0, 0.05) is 24.6 Å². The zero-order chi connectivity index (χ0) is 19.7. The highest BCUT2D eigenvalue weighted by Crippen LogP contribution is 2.21. The number of aryl methyl sites for hydroxylation is 1. The van der Waals surface area contributed by atoms with Crippen LogP contribution in [0, 0.1) is 6.92 Å². The van der Waals surface area contributed by atoms with E-state index in [-0.39, 0.29) is 11.1 Å². The highest BCUT2D eigenvalue weighted by Gasteiger charge is 2.12. The quantitative estimate of drug-likeness (QED) is 0.385. The molecule has 0 saturated carbocycles. The molecule has 3 heterocycles. The summed E-state index contributed by atoms with van der Waals surface area (Å²) < 4.78 is 3.24. The number of thioether (sulfide) groups is 1. The first-order valence-electron chi connectivity index (χ1n) is 9.18. The molecule has 0 atom stereocenters. The Morgan fingerprint density at radius 3 is 2.71 bits per heavy atom. The van der Waals surface area contributed by atoms with Gasteiger partial charge in [0.1, 0.15) is 5.65 Å². The number of hydrogen-bond acceptors (Lipinski definition) is 5. The molecule has 0 radical (unpaired) electrons. The fraction of sp³-hybridized carbons (Fsp3) is 0.238. The van der Waals surface area contributed by atoms with Crippen LogP contribution in [-0.4, -0.2) is 18.9 Å². The smallest absolute Gasteiger partial charge is 0.262 e. The van der Waals surface area contributed by atoms with Crippen molar-refractivity contribution in [2.45, 2.75) is 37.7 Å². The van der Waals surface area contributed by atoms with Crippen LogP contribution in [0.25, 0.3) is 16.6 Å². The van der Waals surface area contributed by atoms with Crippen LogP contribution in [0.3, 0.4) is 0 Å². The lowest BCUT2D eigenvalue weighted by Gasteiger charge is -2.12. The second-order valence-corrected chi connectivity index (χ2v) is 7.62. The third kappa shape index (κ3) is 3.45. The Morgan fingerprint density at radius 2 is 1.89 bits per heavy atom. The molecule has 0 aliphatic heterocycles. The van der Waals surface area contributed by atoms with Gasteiger partial charge in [0.25, 0.3) is 11.1 Å². The predicted molar refractivity (Wildman–Crippen MR) is 112 cm³/mol. The molecular formula is C21H20N4O2S. The van der Waals surface area contributed by atoms with Gasteiger partial charge in [0.2, 0.25) is 0 Å². The highest BCUT2D eigenvalue weighted by molar-refractivity contribution is 7.98. The summed E-state index contributed by atoms with van der Waals surface area (Å²) in [6.07, 6.45) is 2.57. The van der Waals surface area contributed by atoms with E-state index in [4.69, 9.17) is 0 Å². The van der Waals surface area contributed by atoms with Gasteiger partial charge in [-0.2, -0.15) is 0 Å². The van der Waals surface area contributed by atoms with Crippen LogP contribution < -0.4 is 11.1 Å². The first kappa shape index (κ1) is 18.4. The second kappa shape index (κ2) is 7.59. The van der Waals surface area contributed by atoms with Crippen LogP contribution in [0.2, 0.25) is 0 Å². The Bertz CT molecular complexity index is 1290. The summed E-state index contributed by atoms with van der Waals surface area (Å²) in [5.41, 5.74) is 2.89. The molecule has 1 aromatic carbocycles. The third-order valence-corrected chi connectivity index (χ3v) is 5.51. The number of nitrogens with zero attached hydrogens (tertiary/aromatic N) is 4. The number of fused-ring (bicyclic) bond motifs is 2. The van der Waals surface area contributed by atoms with E-state index in [0.29, 0.717) is 39.7 Å². The second-order valence-electron chi connectivity index (χ2n) is 6.68. The largest absolute Gasteiger partial charge is 0.287 e. The Labute approximate surface area is 165 Å². The minimum Gasteiger partial charge on any atom is -0.287 e. The van der Waals surface area contributed by atoms with Crippen molar-refractivity contribution >= 4 is 28.3 Å². The van der Waals surface area contributed by atoms with Gasteiger partial charge in [-0.05, 0) is 43.2 Å². The van der Waals surface area contributed by atoms with Crippen molar-refractivity contribution < 1.29 is 0 Å². The molecule has 0 aliphatic rings. The fourth-order valence-corrected chi connectivity index (χ4v) is 4.06. The van der Waals surface area contributed by atoms with E-state index in [1.165, 1.54) is 16.2 Å². The molecule has 0 fully saturated rings. The summed E-state index contributed by atoms with van der Waals surface area (Å²) in [6, 6.07) is 12.7. The average Bonchev–Trinajstić information content (AvgIpc) is 2.68. The molecule has 0 spiro atoms. The van der Waals surface area contributed by atoms with Gasteiger partial charge in [0.15, 0.2) is 5.16 Å². The number of hydrogen-bond donors (Lipinski definition) is 0. The molecule has 3 aromatic heterocycles. The van der Waals surface area contributed by atoms with Crippen LogP contribution >= 0.6 is 11.8 Å². The summed E-state index contributed by atoms with van der Waals surface area (Å²) in [6.45, 7) is 4.60. The topological polar surface area (TPSA) is 69.3 Å². The number of rotatable bonds is 5. The van der Waals surface area contributed by atoms with Crippen molar-refractivity contribution in [1.82, 2.24) is 18.9 Å². The first-order valence-corrected chi connectivity index (χ1v) is 10.2. The van der Waals surface area contributed by atoms with Gasteiger partial charge >= 0.3 is 0 Å². The minimum atomic E-state index is -0.113. The molecule has 0 aliphatic carbocycles. The standard InChI is InChI=1S/C21H20N4O2S/c1-3-9-25-20(27)16-6-4-5-7-17(16)23-21(25)28-13-15-12-19(26)24-10-8-14(2)11-18(24)22-15/h4-8,10-12H,3,9,13H2,1-2H3. The van der Waals surface area contributed by atoms with E-state index < -0.39 is 0 Å². The fourth-order valence-electron chi connectivity index (χ4n) is 3.14. The lowest BCUT2D eigenvalue weighted by atomic mass is 10.2. The molecular weight excluding hydrogens is 372 g/mol. The molecule has 0 N–H and O–H groups in total. The summed E-state index contributed by atoms with van der Waals surface area (Å²) in [4.78, 5) is 34.5. The highest BCUT2D eigenvalue weighted by atomic mass is 32.2. The molecule has 28 heavy (non-hydrogen) atoms. The summed E-state index contributed by atoms with van der Waals surface area (Å²) >= 11 is 1.43. The predicted octanol–water partition coefficient (Wildman–Crippen LogP) is 3.42.